The van der Waals surface area contributed by atoms with Crippen LogP contribution < -0.4 is 9.80 Å². The van der Waals surface area contributed by atoms with Gasteiger partial charge in [-0.2, -0.15) is 0 Å². The summed E-state index contributed by atoms with van der Waals surface area (Å²) in [4.78, 5) is 27.9. The van der Waals surface area contributed by atoms with Gasteiger partial charge in [-0.3, -0.25) is 4.79 Å². The number of carbonyl (C=O) groups is 1. The first-order valence-electron chi connectivity index (χ1n) is 10.4. The van der Waals surface area contributed by atoms with Crippen LogP contribution in [0.5, 0.6) is 0 Å². The van der Waals surface area contributed by atoms with Crippen molar-refractivity contribution < 1.29 is 9.90 Å². The number of anilines is 2. The van der Waals surface area contributed by atoms with Crippen LogP contribution in [0.3, 0.4) is 0 Å². The average molecular weight is 374 g/mol. The molecule has 1 atom stereocenters. The molecule has 1 N–H and O–H groups in total. The Hall–Kier alpha value is -1.89. The second-order valence-corrected chi connectivity index (χ2v) is 8.28. The van der Waals surface area contributed by atoms with Gasteiger partial charge in [-0.05, 0) is 37.5 Å². The van der Waals surface area contributed by atoms with E-state index in [-0.39, 0.29) is 12.5 Å². The van der Waals surface area contributed by atoms with E-state index in [1.165, 1.54) is 25.7 Å². The molecule has 1 saturated carbocycles. The van der Waals surface area contributed by atoms with E-state index in [2.05, 4.69) is 19.8 Å². The smallest absolute Gasteiger partial charge is 0.242 e. The van der Waals surface area contributed by atoms with Gasteiger partial charge in [0.1, 0.15) is 18.0 Å². The minimum atomic E-state index is 0.214. The lowest BCUT2D eigenvalue weighted by atomic mass is 9.99. The molecule has 1 amide bonds. The first kappa shape index (κ1) is 18.5. The van der Waals surface area contributed by atoms with E-state index in [1.54, 1.807) is 6.33 Å². The van der Waals surface area contributed by atoms with Gasteiger partial charge in [-0.25, -0.2) is 9.97 Å². The number of hydrogen-bond donors (Lipinski definition) is 1. The van der Waals surface area contributed by atoms with Crippen molar-refractivity contribution in [1.29, 1.82) is 0 Å². The fourth-order valence-corrected chi connectivity index (χ4v) is 4.71. The highest BCUT2D eigenvalue weighted by molar-refractivity contribution is 5.82. The van der Waals surface area contributed by atoms with Gasteiger partial charge >= 0.3 is 0 Å². The van der Waals surface area contributed by atoms with E-state index < -0.39 is 0 Å². The van der Waals surface area contributed by atoms with Gasteiger partial charge in [-0.15, -0.1) is 0 Å². The van der Waals surface area contributed by atoms with Crippen molar-refractivity contribution in [2.75, 3.05) is 55.7 Å². The summed E-state index contributed by atoms with van der Waals surface area (Å²) in [5, 5.41) is 9.46. The third-order valence-corrected chi connectivity index (χ3v) is 6.34. The number of carbonyl (C=O) groups excluding carboxylic acids is 1. The number of aliphatic hydroxyl groups excluding tert-OH is 1. The summed E-state index contributed by atoms with van der Waals surface area (Å²) in [5.74, 6) is 2.97. The van der Waals surface area contributed by atoms with Crippen LogP contribution >= 0.6 is 0 Å². The SMILES string of the molecule is O=C1CN(c2cc(N3CCCC(CO)C3)ncn2)CCN1CC1CCCC1. The number of hydrogen-bond acceptors (Lipinski definition) is 6. The predicted octanol–water partition coefficient (Wildman–Crippen LogP) is 1.52. The lowest BCUT2D eigenvalue weighted by Crippen LogP contribution is -2.51. The largest absolute Gasteiger partial charge is 0.396 e. The summed E-state index contributed by atoms with van der Waals surface area (Å²) < 4.78 is 0. The first-order chi connectivity index (χ1) is 13.2. The zero-order chi connectivity index (χ0) is 18.6. The Morgan fingerprint density at radius 1 is 0.963 bits per heavy atom. The fraction of sp³-hybridized carbons (Fsp3) is 0.750. The van der Waals surface area contributed by atoms with Crippen molar-refractivity contribution in [2.45, 2.75) is 38.5 Å². The molecule has 4 rings (SSSR count). The third kappa shape index (κ3) is 4.34. The topological polar surface area (TPSA) is 72.8 Å². The van der Waals surface area contributed by atoms with Gasteiger partial charge in [0.15, 0.2) is 0 Å². The van der Waals surface area contributed by atoms with E-state index in [1.807, 2.05) is 11.0 Å². The highest BCUT2D eigenvalue weighted by Gasteiger charge is 2.28. The van der Waals surface area contributed by atoms with Gasteiger partial charge in [-0.1, -0.05) is 12.8 Å². The highest BCUT2D eigenvalue weighted by Crippen LogP contribution is 2.27. The number of piperidine rings is 1. The van der Waals surface area contributed by atoms with Crippen molar-refractivity contribution >= 4 is 17.5 Å². The Labute approximate surface area is 161 Å². The molecule has 3 fully saturated rings. The summed E-state index contributed by atoms with van der Waals surface area (Å²) >= 11 is 0. The molecule has 0 radical (unpaired) electrons. The number of aromatic nitrogens is 2. The highest BCUT2D eigenvalue weighted by atomic mass is 16.3. The molecule has 7 heteroatoms. The molecule has 3 aliphatic rings. The molecule has 27 heavy (non-hydrogen) atoms. The number of amides is 1. The minimum Gasteiger partial charge on any atom is -0.396 e. The van der Waals surface area contributed by atoms with Crippen LogP contribution in [0, 0.1) is 11.8 Å². The Kier molecular flexibility index (Phi) is 5.76. The molecular formula is C20H31N5O2. The minimum absolute atomic E-state index is 0.214. The maximum atomic E-state index is 12.6. The van der Waals surface area contributed by atoms with E-state index in [0.29, 0.717) is 18.4 Å². The molecule has 148 valence electrons. The van der Waals surface area contributed by atoms with E-state index in [4.69, 9.17) is 0 Å². The maximum absolute atomic E-state index is 12.6. The second kappa shape index (κ2) is 8.42. The molecular weight excluding hydrogens is 342 g/mol. The lowest BCUT2D eigenvalue weighted by molar-refractivity contribution is -0.131. The number of piperazine rings is 1. The summed E-state index contributed by atoms with van der Waals surface area (Å²) in [7, 11) is 0. The summed E-state index contributed by atoms with van der Waals surface area (Å²) in [6.45, 7) is 4.97. The van der Waals surface area contributed by atoms with Crippen LogP contribution in [0.25, 0.3) is 0 Å². The lowest BCUT2D eigenvalue weighted by Gasteiger charge is -2.37. The molecule has 1 aromatic heterocycles. The van der Waals surface area contributed by atoms with Crippen molar-refractivity contribution in [3.8, 4) is 0 Å². The van der Waals surface area contributed by atoms with Crippen LogP contribution in [0.4, 0.5) is 11.6 Å². The van der Waals surface area contributed by atoms with Crippen LogP contribution in [-0.4, -0.2) is 71.8 Å². The Morgan fingerprint density at radius 2 is 1.70 bits per heavy atom. The number of aliphatic hydroxyl groups is 1. The monoisotopic (exact) mass is 373 g/mol. The van der Waals surface area contributed by atoms with Crippen LogP contribution in [-0.2, 0) is 4.79 Å². The molecule has 0 bridgehead atoms. The van der Waals surface area contributed by atoms with Crippen molar-refractivity contribution in [1.82, 2.24) is 14.9 Å². The van der Waals surface area contributed by atoms with E-state index >= 15 is 0 Å². The quantitative estimate of drug-likeness (QED) is 0.844. The van der Waals surface area contributed by atoms with Gasteiger partial charge in [0.25, 0.3) is 0 Å². The third-order valence-electron chi connectivity index (χ3n) is 6.34. The Balaban J connectivity index is 1.38. The van der Waals surface area contributed by atoms with Gasteiger partial charge in [0.05, 0.1) is 6.54 Å². The summed E-state index contributed by atoms with van der Waals surface area (Å²) in [6, 6.07) is 2.00. The van der Waals surface area contributed by atoms with E-state index in [0.717, 1.165) is 57.2 Å². The second-order valence-electron chi connectivity index (χ2n) is 8.28. The summed E-state index contributed by atoms with van der Waals surface area (Å²) in [5.41, 5.74) is 0. The number of nitrogens with zero attached hydrogens (tertiary/aromatic N) is 5. The molecule has 2 aliphatic heterocycles. The van der Waals surface area contributed by atoms with Crippen LogP contribution in [0.15, 0.2) is 12.4 Å². The van der Waals surface area contributed by atoms with Crippen molar-refractivity contribution in [3.63, 3.8) is 0 Å². The van der Waals surface area contributed by atoms with Crippen LogP contribution in [0.2, 0.25) is 0 Å². The summed E-state index contributed by atoms with van der Waals surface area (Å²) in [6.07, 6.45) is 8.92. The normalized spacial score (nSPS) is 24.7. The molecule has 1 unspecified atom stereocenters. The van der Waals surface area contributed by atoms with Gasteiger partial charge in [0, 0.05) is 45.4 Å². The molecule has 1 aromatic rings. The average Bonchev–Trinajstić information content (AvgIpc) is 3.23. The van der Waals surface area contributed by atoms with Crippen LogP contribution in [0.1, 0.15) is 38.5 Å². The van der Waals surface area contributed by atoms with Gasteiger partial charge in [0.2, 0.25) is 5.91 Å². The van der Waals surface area contributed by atoms with Crippen molar-refractivity contribution in [2.24, 2.45) is 11.8 Å². The van der Waals surface area contributed by atoms with Crippen molar-refractivity contribution in [3.05, 3.63) is 12.4 Å². The molecule has 3 heterocycles. The Bertz CT molecular complexity index is 649. The molecule has 0 spiro atoms. The fourth-order valence-electron chi connectivity index (χ4n) is 4.71. The van der Waals surface area contributed by atoms with Gasteiger partial charge < -0.3 is 19.8 Å². The molecule has 0 aromatic carbocycles. The zero-order valence-electron chi connectivity index (χ0n) is 16.1. The van der Waals surface area contributed by atoms with E-state index in [9.17, 15) is 9.90 Å². The number of rotatable bonds is 5. The molecule has 1 aliphatic carbocycles. The first-order valence-corrected chi connectivity index (χ1v) is 10.4. The molecule has 2 saturated heterocycles. The maximum Gasteiger partial charge on any atom is 0.242 e. The molecule has 7 nitrogen and oxygen atoms in total. The predicted molar refractivity (Wildman–Crippen MR) is 105 cm³/mol. The standard InChI is InChI=1S/C20H31N5O2/c26-14-17-6-3-7-23(12-17)18-10-19(22-15-21-18)24-8-9-25(20(27)13-24)11-16-4-1-2-5-16/h10,15-17,26H,1-9,11-14H2. The Morgan fingerprint density at radius 3 is 2.44 bits per heavy atom. The zero-order valence-corrected chi connectivity index (χ0v) is 16.1.